The van der Waals surface area contributed by atoms with E-state index in [4.69, 9.17) is 5.73 Å². The van der Waals surface area contributed by atoms with Gasteiger partial charge >= 0.3 is 0 Å². The maximum absolute atomic E-state index is 13.5. The van der Waals surface area contributed by atoms with Crippen LogP contribution in [0.25, 0.3) is 0 Å². The van der Waals surface area contributed by atoms with Crippen LogP contribution < -0.4 is 5.73 Å². The molecule has 1 saturated heterocycles. The monoisotopic (exact) mass is 284 g/mol. The molecule has 4 nitrogen and oxygen atoms in total. The van der Waals surface area contributed by atoms with E-state index in [0.717, 1.165) is 19.3 Å². The molecular weight excluding hydrogens is 267 g/mol. The third-order valence-electron chi connectivity index (χ3n) is 4.22. The summed E-state index contributed by atoms with van der Waals surface area (Å²) in [6.07, 6.45) is 3.00. The molecule has 2 fully saturated rings. The fourth-order valence-electron chi connectivity index (χ4n) is 3.22. The molecule has 2 aliphatic rings. The minimum absolute atomic E-state index is 0.108. The molecule has 3 rings (SSSR count). The lowest BCUT2D eigenvalue weighted by molar-refractivity contribution is 0.333. The Balaban J connectivity index is 2.01. The summed E-state index contributed by atoms with van der Waals surface area (Å²) < 4.78 is 40.2. The van der Waals surface area contributed by atoms with Crippen molar-refractivity contribution in [3.8, 4) is 0 Å². The predicted octanol–water partition coefficient (Wildman–Crippen LogP) is 1.89. The molecule has 6 heteroatoms. The van der Waals surface area contributed by atoms with E-state index in [1.165, 1.54) is 19.1 Å². The normalized spacial score (nSPS) is 27.1. The highest BCUT2D eigenvalue weighted by Gasteiger charge is 2.44. The van der Waals surface area contributed by atoms with Crippen LogP contribution in [0.2, 0.25) is 0 Å². The van der Waals surface area contributed by atoms with Crippen LogP contribution in [-0.4, -0.2) is 25.3 Å². The molecule has 1 aromatic rings. The Kier molecular flexibility index (Phi) is 2.83. The number of nitrogens with two attached hydrogens (primary N) is 1. The molecule has 1 aliphatic carbocycles. The molecule has 1 heterocycles. The Labute approximate surface area is 112 Å². The van der Waals surface area contributed by atoms with Crippen LogP contribution in [0, 0.1) is 18.7 Å². The second-order valence-electron chi connectivity index (χ2n) is 5.55. The van der Waals surface area contributed by atoms with Crippen molar-refractivity contribution in [1.29, 1.82) is 0 Å². The number of hydrogen-bond donors (Lipinski definition) is 1. The van der Waals surface area contributed by atoms with E-state index in [9.17, 15) is 12.8 Å². The lowest BCUT2D eigenvalue weighted by Gasteiger charge is -2.26. The Morgan fingerprint density at radius 2 is 2.11 bits per heavy atom. The van der Waals surface area contributed by atoms with Crippen molar-refractivity contribution in [2.45, 2.75) is 37.1 Å². The van der Waals surface area contributed by atoms with Gasteiger partial charge in [0.2, 0.25) is 10.0 Å². The predicted molar refractivity (Wildman–Crippen MR) is 70.6 cm³/mol. The molecule has 2 bridgehead atoms. The molecule has 0 amide bonds. The van der Waals surface area contributed by atoms with E-state index in [1.54, 1.807) is 4.31 Å². The summed E-state index contributed by atoms with van der Waals surface area (Å²) in [6, 6.07) is 2.71. The van der Waals surface area contributed by atoms with Gasteiger partial charge in [0.15, 0.2) is 0 Å². The minimum Gasteiger partial charge on any atom is -0.396 e. The highest BCUT2D eigenvalue weighted by atomic mass is 32.2. The molecule has 0 spiro atoms. The molecule has 2 N–H and O–H groups in total. The number of fused-ring (bicyclic) bond motifs is 2. The molecule has 19 heavy (non-hydrogen) atoms. The molecule has 1 aliphatic heterocycles. The summed E-state index contributed by atoms with van der Waals surface area (Å²) in [7, 11) is -3.54. The zero-order chi connectivity index (χ0) is 13.8. The van der Waals surface area contributed by atoms with Gasteiger partial charge in [0, 0.05) is 12.6 Å². The first kappa shape index (κ1) is 12.9. The van der Waals surface area contributed by atoms with Gasteiger partial charge in [-0.1, -0.05) is 0 Å². The second kappa shape index (κ2) is 4.18. The summed E-state index contributed by atoms with van der Waals surface area (Å²) in [5, 5.41) is 0. The topological polar surface area (TPSA) is 63.4 Å². The maximum atomic E-state index is 13.5. The van der Waals surface area contributed by atoms with Crippen molar-refractivity contribution in [1.82, 2.24) is 4.31 Å². The molecule has 1 aromatic carbocycles. The molecule has 0 aromatic heterocycles. The Morgan fingerprint density at radius 3 is 2.63 bits per heavy atom. The van der Waals surface area contributed by atoms with Gasteiger partial charge in [0.05, 0.1) is 10.6 Å². The number of sulfonamides is 1. The number of halogens is 1. The summed E-state index contributed by atoms with van der Waals surface area (Å²) in [6.45, 7) is 2.12. The summed E-state index contributed by atoms with van der Waals surface area (Å²) in [5.74, 6) is -0.0550. The number of nitrogens with zero attached hydrogens (tertiary/aromatic N) is 1. The molecule has 2 atom stereocenters. The number of piperidine rings is 1. The Hall–Kier alpha value is -1.14. The SMILES string of the molecule is Cc1cc(S(=O)(=O)N2CC3CCC2C3)cc(N)c1F. The number of benzene rings is 1. The standard InChI is InChI=1S/C13H17FN2O2S/c1-8-4-11(6-12(15)13(8)14)19(17,18)16-7-9-2-3-10(16)5-9/h4,6,9-10H,2-3,5,7,15H2,1H3. The van der Waals surface area contributed by atoms with Crippen LogP contribution >= 0.6 is 0 Å². The molecule has 2 unspecified atom stereocenters. The number of aryl methyl sites for hydroxylation is 1. The van der Waals surface area contributed by atoms with Crippen molar-refractivity contribution in [3.05, 3.63) is 23.5 Å². The van der Waals surface area contributed by atoms with Crippen molar-refractivity contribution in [2.75, 3.05) is 12.3 Å². The summed E-state index contributed by atoms with van der Waals surface area (Å²) in [5.41, 5.74) is 5.69. The van der Waals surface area contributed by atoms with Crippen LogP contribution in [-0.2, 0) is 10.0 Å². The Bertz CT molecular complexity index is 607. The van der Waals surface area contributed by atoms with E-state index in [2.05, 4.69) is 0 Å². The molecule has 0 radical (unpaired) electrons. The van der Waals surface area contributed by atoms with Gasteiger partial charge in [-0.25, -0.2) is 12.8 Å². The molecule has 104 valence electrons. The molecule has 1 saturated carbocycles. The van der Waals surface area contributed by atoms with Gasteiger partial charge in [-0.3, -0.25) is 0 Å². The van der Waals surface area contributed by atoms with Crippen molar-refractivity contribution in [3.63, 3.8) is 0 Å². The Morgan fingerprint density at radius 1 is 1.37 bits per heavy atom. The van der Waals surface area contributed by atoms with Gasteiger partial charge in [0.25, 0.3) is 0 Å². The van der Waals surface area contributed by atoms with E-state index in [-0.39, 0.29) is 22.2 Å². The fraction of sp³-hybridized carbons (Fsp3) is 0.538. The van der Waals surface area contributed by atoms with Gasteiger partial charge < -0.3 is 5.73 Å². The number of anilines is 1. The second-order valence-corrected chi connectivity index (χ2v) is 7.44. The van der Waals surface area contributed by atoms with E-state index < -0.39 is 15.8 Å². The van der Waals surface area contributed by atoms with Crippen molar-refractivity contribution < 1.29 is 12.8 Å². The highest BCUT2D eigenvalue weighted by molar-refractivity contribution is 7.89. The first-order valence-electron chi connectivity index (χ1n) is 6.47. The number of hydrogen-bond acceptors (Lipinski definition) is 3. The average molecular weight is 284 g/mol. The fourth-order valence-corrected chi connectivity index (χ4v) is 5.08. The molecular formula is C13H17FN2O2S. The first-order chi connectivity index (χ1) is 8.89. The zero-order valence-corrected chi connectivity index (χ0v) is 11.6. The summed E-state index contributed by atoms with van der Waals surface area (Å²) >= 11 is 0. The van der Waals surface area contributed by atoms with Crippen LogP contribution in [0.5, 0.6) is 0 Å². The van der Waals surface area contributed by atoms with Gasteiger partial charge in [-0.2, -0.15) is 4.31 Å². The third kappa shape index (κ3) is 1.94. The van der Waals surface area contributed by atoms with E-state index in [1.807, 2.05) is 0 Å². The van der Waals surface area contributed by atoms with Gasteiger partial charge in [0.1, 0.15) is 5.82 Å². The van der Waals surface area contributed by atoms with Crippen LogP contribution in [0.4, 0.5) is 10.1 Å². The first-order valence-corrected chi connectivity index (χ1v) is 7.91. The van der Waals surface area contributed by atoms with Crippen molar-refractivity contribution in [2.24, 2.45) is 5.92 Å². The van der Waals surface area contributed by atoms with E-state index in [0.29, 0.717) is 12.5 Å². The maximum Gasteiger partial charge on any atom is 0.243 e. The smallest absolute Gasteiger partial charge is 0.243 e. The minimum atomic E-state index is -3.54. The largest absolute Gasteiger partial charge is 0.396 e. The summed E-state index contributed by atoms with van der Waals surface area (Å²) in [4.78, 5) is 0.108. The van der Waals surface area contributed by atoms with E-state index >= 15 is 0 Å². The lowest BCUT2D eigenvalue weighted by atomic mass is 10.1. The van der Waals surface area contributed by atoms with Crippen molar-refractivity contribution >= 4 is 15.7 Å². The number of nitrogen functional groups attached to an aromatic ring is 1. The van der Waals surface area contributed by atoms with Gasteiger partial charge in [-0.05, 0) is 49.8 Å². The van der Waals surface area contributed by atoms with Crippen LogP contribution in [0.3, 0.4) is 0 Å². The average Bonchev–Trinajstić information content (AvgIpc) is 2.97. The zero-order valence-electron chi connectivity index (χ0n) is 10.8. The highest BCUT2D eigenvalue weighted by Crippen LogP contribution is 2.40. The van der Waals surface area contributed by atoms with Gasteiger partial charge in [-0.15, -0.1) is 0 Å². The van der Waals surface area contributed by atoms with Crippen LogP contribution in [0.15, 0.2) is 17.0 Å². The number of rotatable bonds is 2. The van der Waals surface area contributed by atoms with Crippen LogP contribution in [0.1, 0.15) is 24.8 Å². The third-order valence-corrected chi connectivity index (χ3v) is 6.12. The lowest BCUT2D eigenvalue weighted by Crippen LogP contribution is -2.37. The quantitative estimate of drug-likeness (QED) is 0.844.